The lowest BCUT2D eigenvalue weighted by Gasteiger charge is -2.43. The van der Waals surface area contributed by atoms with Crippen LogP contribution in [0.1, 0.15) is 93.6 Å². The van der Waals surface area contributed by atoms with Crippen LogP contribution in [-0.2, 0) is 4.79 Å². The third-order valence-electron chi connectivity index (χ3n) is 7.19. The molecule has 2 aliphatic rings. The summed E-state index contributed by atoms with van der Waals surface area (Å²) in [7, 11) is 1.91. The molecular formula is C26H38NO4S+. The predicted octanol–water partition coefficient (Wildman–Crippen LogP) is 5.44. The molecule has 0 radical (unpaired) electrons. The van der Waals surface area contributed by atoms with E-state index in [0.717, 1.165) is 25.7 Å². The van der Waals surface area contributed by atoms with E-state index in [1.54, 1.807) is 0 Å². The molecule has 1 aromatic heterocycles. The molecule has 176 valence electrons. The second-order valence-electron chi connectivity index (χ2n) is 11.0. The van der Waals surface area contributed by atoms with Crippen LogP contribution in [0.25, 0.3) is 0 Å². The molecule has 0 saturated heterocycles. The fraction of sp³-hybridized carbons (Fsp3) is 0.692. The van der Waals surface area contributed by atoms with Gasteiger partial charge in [0.2, 0.25) is 0 Å². The summed E-state index contributed by atoms with van der Waals surface area (Å²) in [5, 5.41) is 20.1. The molecule has 1 aromatic rings. The van der Waals surface area contributed by atoms with Gasteiger partial charge in [0, 0.05) is 24.3 Å². The third-order valence-corrected chi connectivity index (χ3v) is 8.22. The number of carbonyl (C=O) groups is 2. The first kappa shape index (κ1) is 25.0. The summed E-state index contributed by atoms with van der Waals surface area (Å²) in [5.74, 6) is 6.07. The molecule has 32 heavy (non-hydrogen) atoms. The lowest BCUT2D eigenvalue weighted by Crippen LogP contribution is -2.61. The number of aliphatic hydroxyl groups is 1. The molecule has 1 unspecified atom stereocenters. The minimum atomic E-state index is -1.00. The van der Waals surface area contributed by atoms with E-state index in [1.165, 1.54) is 11.3 Å². The van der Waals surface area contributed by atoms with Crippen molar-refractivity contribution in [1.82, 2.24) is 4.48 Å². The van der Waals surface area contributed by atoms with E-state index < -0.39 is 5.97 Å². The number of aliphatic hydroxyl groups excluding tert-OH is 1. The Hall–Kier alpha value is -1.68. The van der Waals surface area contributed by atoms with Crippen LogP contribution in [0, 0.1) is 29.1 Å². The number of carbonyl (C=O) groups excluding carboxylic acids is 1. The number of nitrogens with zero attached hydrogens (tertiary/aromatic N) is 1. The van der Waals surface area contributed by atoms with Crippen molar-refractivity contribution in [2.45, 2.75) is 91.2 Å². The molecule has 0 spiro atoms. The van der Waals surface area contributed by atoms with Crippen LogP contribution in [0.4, 0.5) is 5.69 Å². The summed E-state index contributed by atoms with van der Waals surface area (Å²) in [6.45, 7) is 8.30. The molecule has 0 aromatic carbocycles. The standard InChI is InChI=1S/C26H37NO4S/c1-17-6-8-18(9-7-17)24(29)27(5,19-10-12-20(28)13-11-19)22-16-21(14-15-26(2,3)4)32-23(22)25(30)31/h16-20,28H,6-13H2,1-5H3/p+1. The average molecular weight is 461 g/mol. The summed E-state index contributed by atoms with van der Waals surface area (Å²) >= 11 is 1.17. The van der Waals surface area contributed by atoms with Crippen LogP contribution >= 0.6 is 11.3 Å². The fourth-order valence-corrected chi connectivity index (χ4v) is 6.08. The number of rotatable bonds is 4. The Morgan fingerprint density at radius 1 is 1.06 bits per heavy atom. The molecule has 1 heterocycles. The zero-order valence-corrected chi connectivity index (χ0v) is 20.9. The Bertz CT molecular complexity index is 902. The van der Waals surface area contributed by atoms with Crippen molar-refractivity contribution < 1.29 is 19.8 Å². The normalized spacial score (nSPS) is 28.3. The maximum absolute atomic E-state index is 14.1. The lowest BCUT2D eigenvalue weighted by molar-refractivity contribution is -0.137. The fourth-order valence-electron chi connectivity index (χ4n) is 5.15. The van der Waals surface area contributed by atoms with Crippen molar-refractivity contribution in [3.05, 3.63) is 15.8 Å². The van der Waals surface area contributed by atoms with E-state index in [0.29, 0.717) is 42.2 Å². The number of quaternary nitrogens is 1. The maximum Gasteiger partial charge on any atom is 0.352 e. The van der Waals surface area contributed by atoms with Gasteiger partial charge in [-0.1, -0.05) is 18.8 Å². The minimum Gasteiger partial charge on any atom is -0.477 e. The highest BCUT2D eigenvalue weighted by atomic mass is 32.1. The number of carboxylic acids is 1. The molecule has 1 atom stereocenters. The van der Waals surface area contributed by atoms with Crippen LogP contribution in [0.5, 0.6) is 0 Å². The smallest absolute Gasteiger partial charge is 0.352 e. The molecule has 0 bridgehead atoms. The molecule has 1 amide bonds. The largest absolute Gasteiger partial charge is 0.477 e. The number of carboxylic acid groups (broad SMARTS) is 1. The topological polar surface area (TPSA) is 74.6 Å². The van der Waals surface area contributed by atoms with Gasteiger partial charge in [0.1, 0.15) is 6.04 Å². The van der Waals surface area contributed by atoms with E-state index in [4.69, 9.17) is 0 Å². The molecule has 0 aliphatic heterocycles. The summed E-state index contributed by atoms with van der Waals surface area (Å²) in [4.78, 5) is 27.3. The Balaban J connectivity index is 2.08. The van der Waals surface area contributed by atoms with Gasteiger partial charge in [0.05, 0.1) is 23.9 Å². The van der Waals surface area contributed by atoms with E-state index in [-0.39, 0.29) is 38.7 Å². The first-order chi connectivity index (χ1) is 14.9. The summed E-state index contributed by atoms with van der Waals surface area (Å²) in [6, 6.07) is 1.82. The molecule has 5 nitrogen and oxygen atoms in total. The minimum absolute atomic E-state index is 0.0150. The van der Waals surface area contributed by atoms with Gasteiger partial charge in [0.15, 0.2) is 10.6 Å². The van der Waals surface area contributed by atoms with Gasteiger partial charge in [-0.2, -0.15) is 0 Å². The number of aromatic carboxylic acids is 1. The molecule has 2 saturated carbocycles. The summed E-state index contributed by atoms with van der Waals surface area (Å²) in [6.07, 6.45) is 6.20. The number of hydrogen-bond acceptors (Lipinski definition) is 4. The van der Waals surface area contributed by atoms with Gasteiger partial charge in [-0.05, 0) is 65.2 Å². The van der Waals surface area contributed by atoms with Gasteiger partial charge in [-0.3, -0.25) is 0 Å². The van der Waals surface area contributed by atoms with Gasteiger partial charge in [-0.25, -0.2) is 14.1 Å². The Labute approximate surface area is 196 Å². The second-order valence-corrected chi connectivity index (χ2v) is 12.0. The molecular weight excluding hydrogens is 422 g/mol. The highest BCUT2D eigenvalue weighted by Gasteiger charge is 2.49. The Morgan fingerprint density at radius 3 is 2.19 bits per heavy atom. The van der Waals surface area contributed by atoms with Gasteiger partial charge in [0.25, 0.3) is 0 Å². The van der Waals surface area contributed by atoms with Crippen molar-refractivity contribution in [2.24, 2.45) is 17.3 Å². The molecule has 6 heteroatoms. The van der Waals surface area contributed by atoms with E-state index in [9.17, 15) is 19.8 Å². The van der Waals surface area contributed by atoms with Crippen molar-refractivity contribution in [3.63, 3.8) is 0 Å². The van der Waals surface area contributed by atoms with Gasteiger partial charge < -0.3 is 10.2 Å². The second kappa shape index (κ2) is 9.67. The monoisotopic (exact) mass is 460 g/mol. The third kappa shape index (κ3) is 5.44. The van der Waals surface area contributed by atoms with Crippen molar-refractivity contribution >= 4 is 28.9 Å². The number of thiophene rings is 1. The zero-order valence-electron chi connectivity index (χ0n) is 20.1. The molecule has 3 rings (SSSR count). The average Bonchev–Trinajstić information content (AvgIpc) is 3.17. The molecule has 2 aliphatic carbocycles. The van der Waals surface area contributed by atoms with Crippen LogP contribution in [0.2, 0.25) is 0 Å². The van der Waals surface area contributed by atoms with Crippen molar-refractivity contribution in [2.75, 3.05) is 7.05 Å². The first-order valence-electron chi connectivity index (χ1n) is 11.9. The Morgan fingerprint density at radius 2 is 1.66 bits per heavy atom. The van der Waals surface area contributed by atoms with Crippen LogP contribution < -0.4 is 4.48 Å². The number of amides is 1. The van der Waals surface area contributed by atoms with Crippen LogP contribution in [-0.4, -0.2) is 41.3 Å². The summed E-state index contributed by atoms with van der Waals surface area (Å²) in [5.41, 5.74) is 0.380. The molecule has 2 fully saturated rings. The van der Waals surface area contributed by atoms with Gasteiger partial charge >= 0.3 is 11.9 Å². The summed E-state index contributed by atoms with van der Waals surface area (Å²) < 4.78 is 0.0150. The lowest BCUT2D eigenvalue weighted by atomic mass is 9.80. The highest BCUT2D eigenvalue weighted by Crippen LogP contribution is 2.42. The van der Waals surface area contributed by atoms with Crippen LogP contribution in [0.15, 0.2) is 6.07 Å². The number of hydrogen-bond donors (Lipinski definition) is 2. The predicted molar refractivity (Wildman–Crippen MR) is 130 cm³/mol. The van der Waals surface area contributed by atoms with E-state index in [1.807, 2.05) is 33.9 Å². The maximum atomic E-state index is 14.1. The first-order valence-corrected chi connectivity index (χ1v) is 12.7. The van der Waals surface area contributed by atoms with E-state index >= 15 is 0 Å². The van der Waals surface area contributed by atoms with Crippen molar-refractivity contribution in [3.8, 4) is 11.8 Å². The van der Waals surface area contributed by atoms with Crippen molar-refractivity contribution in [1.29, 1.82) is 0 Å². The van der Waals surface area contributed by atoms with Gasteiger partial charge in [-0.15, -0.1) is 11.3 Å². The highest BCUT2D eigenvalue weighted by molar-refractivity contribution is 7.15. The van der Waals surface area contributed by atoms with E-state index in [2.05, 4.69) is 18.8 Å². The Kier molecular flexibility index (Phi) is 7.54. The van der Waals surface area contributed by atoms with Crippen LogP contribution in [0.3, 0.4) is 0 Å². The zero-order chi connectivity index (χ0) is 23.7. The quantitative estimate of drug-likeness (QED) is 0.464. The molecule has 2 N–H and O–H groups in total. The SMILES string of the molecule is CC1CCC(C(=O)[N+](C)(c2cc(C#CC(C)(C)C)sc2C(=O)O)C2CCC(O)CC2)CC1.